The first-order valence-electron chi connectivity index (χ1n) is 8.89. The minimum Gasteiger partial charge on any atom is -0.351 e. The molecule has 0 radical (unpaired) electrons. The van der Waals surface area contributed by atoms with Gasteiger partial charge in [-0.2, -0.15) is 0 Å². The molecule has 2 aromatic carbocycles. The molecule has 0 unspecified atom stereocenters. The van der Waals surface area contributed by atoms with Crippen LogP contribution in [0.1, 0.15) is 42.1 Å². The number of carbonyl (C=O) groups is 1. The summed E-state index contributed by atoms with van der Waals surface area (Å²) in [5.41, 5.74) is 3.77. The fourth-order valence-electron chi connectivity index (χ4n) is 3.66. The summed E-state index contributed by atoms with van der Waals surface area (Å²) < 4.78 is 1.83. The molecule has 4 rings (SSSR count). The zero-order chi connectivity index (χ0) is 17.3. The molecular weight excluding hydrogens is 312 g/mol. The monoisotopic (exact) mass is 334 g/mol. The van der Waals surface area contributed by atoms with Crippen LogP contribution in [0.3, 0.4) is 0 Å². The van der Waals surface area contributed by atoms with Crippen molar-refractivity contribution in [3.8, 4) is 0 Å². The van der Waals surface area contributed by atoms with Crippen LogP contribution < -0.4 is 5.32 Å². The number of rotatable bonds is 5. The predicted molar refractivity (Wildman–Crippen MR) is 97.5 cm³/mol. The Morgan fingerprint density at radius 1 is 1.20 bits per heavy atom. The lowest BCUT2D eigenvalue weighted by molar-refractivity contribution is 0.0928. The maximum Gasteiger partial charge on any atom is 0.251 e. The van der Waals surface area contributed by atoms with Crippen molar-refractivity contribution < 1.29 is 4.79 Å². The van der Waals surface area contributed by atoms with E-state index in [2.05, 4.69) is 39.9 Å². The second kappa shape index (κ2) is 6.31. The lowest BCUT2D eigenvalue weighted by Gasteiger charge is -2.42. The van der Waals surface area contributed by atoms with E-state index >= 15 is 0 Å². The van der Waals surface area contributed by atoms with Gasteiger partial charge in [-0.3, -0.25) is 4.79 Å². The van der Waals surface area contributed by atoms with Crippen molar-refractivity contribution in [2.75, 3.05) is 6.54 Å². The molecule has 1 aromatic heterocycles. The maximum atomic E-state index is 12.6. The van der Waals surface area contributed by atoms with Crippen LogP contribution in [0.4, 0.5) is 0 Å². The van der Waals surface area contributed by atoms with Gasteiger partial charge in [-0.1, -0.05) is 42.0 Å². The molecular formula is C20H22N4O. The quantitative estimate of drug-likeness (QED) is 0.779. The van der Waals surface area contributed by atoms with Crippen LogP contribution in [0.15, 0.2) is 48.5 Å². The standard InChI is InChI=1S/C20H22N4O/c1-2-24-18-10-9-15(13-17(18)22-23-24)19(25)21-14-20(11-6-12-20)16-7-4-3-5-8-16/h3-5,7-10,13H,2,6,11-12,14H2,1H3,(H,21,25). The van der Waals surface area contributed by atoms with E-state index in [1.165, 1.54) is 12.0 Å². The molecule has 1 aliphatic carbocycles. The van der Waals surface area contributed by atoms with Gasteiger partial charge in [0.2, 0.25) is 0 Å². The number of aromatic nitrogens is 3. The molecule has 128 valence electrons. The van der Waals surface area contributed by atoms with E-state index in [4.69, 9.17) is 0 Å². The Kier molecular flexibility index (Phi) is 3.99. The molecule has 5 nitrogen and oxygen atoms in total. The molecule has 5 heteroatoms. The minimum atomic E-state index is -0.0462. The molecule has 0 bridgehead atoms. The smallest absolute Gasteiger partial charge is 0.251 e. The average Bonchev–Trinajstić information content (AvgIpc) is 3.04. The highest BCUT2D eigenvalue weighted by atomic mass is 16.1. The van der Waals surface area contributed by atoms with E-state index in [0.29, 0.717) is 12.1 Å². The van der Waals surface area contributed by atoms with E-state index in [1.807, 2.05) is 35.9 Å². The molecule has 3 aromatic rings. The zero-order valence-corrected chi connectivity index (χ0v) is 14.4. The SMILES string of the molecule is CCn1nnc2cc(C(=O)NCC3(c4ccccc4)CCC3)ccc21. The van der Waals surface area contributed by atoms with Crippen molar-refractivity contribution in [3.05, 3.63) is 59.7 Å². The highest BCUT2D eigenvalue weighted by Gasteiger charge is 2.38. The molecule has 0 spiro atoms. The van der Waals surface area contributed by atoms with Crippen molar-refractivity contribution in [2.45, 2.75) is 38.1 Å². The first kappa shape index (κ1) is 15.8. The van der Waals surface area contributed by atoms with Gasteiger partial charge in [-0.15, -0.1) is 5.10 Å². The van der Waals surface area contributed by atoms with Gasteiger partial charge < -0.3 is 5.32 Å². The lowest BCUT2D eigenvalue weighted by atomic mass is 9.64. The largest absolute Gasteiger partial charge is 0.351 e. The molecule has 1 heterocycles. The Bertz CT molecular complexity index is 896. The Balaban J connectivity index is 1.50. The summed E-state index contributed by atoms with van der Waals surface area (Å²) in [6.45, 7) is 3.47. The van der Waals surface area contributed by atoms with Gasteiger partial charge in [0.05, 0.1) is 5.52 Å². The third-order valence-electron chi connectivity index (χ3n) is 5.36. The van der Waals surface area contributed by atoms with E-state index in [-0.39, 0.29) is 11.3 Å². The summed E-state index contributed by atoms with van der Waals surface area (Å²) in [5.74, 6) is -0.0462. The van der Waals surface area contributed by atoms with Crippen molar-refractivity contribution in [1.29, 1.82) is 0 Å². The number of hydrogen-bond acceptors (Lipinski definition) is 3. The van der Waals surface area contributed by atoms with Crippen LogP contribution >= 0.6 is 0 Å². The fourth-order valence-corrected chi connectivity index (χ4v) is 3.66. The molecule has 1 saturated carbocycles. The third kappa shape index (κ3) is 2.80. The van der Waals surface area contributed by atoms with Crippen LogP contribution in [0.5, 0.6) is 0 Å². The zero-order valence-electron chi connectivity index (χ0n) is 14.4. The number of nitrogens with one attached hydrogen (secondary N) is 1. The molecule has 1 amide bonds. The number of aryl methyl sites for hydroxylation is 1. The summed E-state index contributed by atoms with van der Waals surface area (Å²) in [6, 6.07) is 16.1. The van der Waals surface area contributed by atoms with Crippen LogP contribution in [-0.4, -0.2) is 27.4 Å². The van der Waals surface area contributed by atoms with Crippen molar-refractivity contribution in [1.82, 2.24) is 20.3 Å². The molecule has 1 fully saturated rings. The summed E-state index contributed by atoms with van der Waals surface area (Å²) in [6.07, 6.45) is 3.47. The van der Waals surface area contributed by atoms with Gasteiger partial charge in [0.15, 0.2) is 0 Å². The minimum absolute atomic E-state index is 0.0462. The first-order valence-corrected chi connectivity index (χ1v) is 8.89. The first-order chi connectivity index (χ1) is 12.2. The third-order valence-corrected chi connectivity index (χ3v) is 5.36. The predicted octanol–water partition coefficient (Wildman–Crippen LogP) is 3.30. The van der Waals surface area contributed by atoms with Crippen LogP contribution in [0.2, 0.25) is 0 Å². The second-order valence-electron chi connectivity index (χ2n) is 6.79. The molecule has 0 atom stereocenters. The lowest BCUT2D eigenvalue weighted by Crippen LogP contribution is -2.45. The fraction of sp³-hybridized carbons (Fsp3) is 0.350. The van der Waals surface area contributed by atoms with Gasteiger partial charge in [-0.25, -0.2) is 4.68 Å². The summed E-state index contributed by atoms with van der Waals surface area (Å²) in [4.78, 5) is 12.6. The summed E-state index contributed by atoms with van der Waals surface area (Å²) >= 11 is 0. The van der Waals surface area contributed by atoms with Crippen LogP contribution in [0, 0.1) is 0 Å². The number of nitrogens with zero attached hydrogens (tertiary/aromatic N) is 3. The van der Waals surface area contributed by atoms with E-state index in [1.54, 1.807) is 0 Å². The maximum absolute atomic E-state index is 12.6. The Morgan fingerprint density at radius 3 is 2.68 bits per heavy atom. The average molecular weight is 334 g/mol. The van der Waals surface area contributed by atoms with Gasteiger partial charge >= 0.3 is 0 Å². The van der Waals surface area contributed by atoms with E-state index < -0.39 is 0 Å². The highest BCUT2D eigenvalue weighted by Crippen LogP contribution is 2.43. The van der Waals surface area contributed by atoms with Crippen molar-refractivity contribution in [3.63, 3.8) is 0 Å². The summed E-state index contributed by atoms with van der Waals surface area (Å²) in [5, 5.41) is 11.4. The normalized spacial score (nSPS) is 15.7. The topological polar surface area (TPSA) is 59.8 Å². The second-order valence-corrected chi connectivity index (χ2v) is 6.79. The van der Waals surface area contributed by atoms with Gasteiger partial charge in [0.25, 0.3) is 5.91 Å². The van der Waals surface area contributed by atoms with E-state index in [0.717, 1.165) is 30.4 Å². The van der Waals surface area contributed by atoms with Gasteiger partial charge in [0, 0.05) is 24.1 Å². The molecule has 25 heavy (non-hydrogen) atoms. The van der Waals surface area contributed by atoms with E-state index in [9.17, 15) is 4.79 Å². The van der Waals surface area contributed by atoms with Crippen LogP contribution in [-0.2, 0) is 12.0 Å². The summed E-state index contributed by atoms with van der Waals surface area (Å²) in [7, 11) is 0. The van der Waals surface area contributed by atoms with Crippen LogP contribution in [0.25, 0.3) is 11.0 Å². The number of amides is 1. The Labute approximate surface area is 147 Å². The Morgan fingerprint density at radius 2 is 2.00 bits per heavy atom. The number of hydrogen-bond donors (Lipinski definition) is 1. The molecule has 0 saturated heterocycles. The van der Waals surface area contributed by atoms with Gasteiger partial charge in [0.1, 0.15) is 5.52 Å². The molecule has 0 aliphatic heterocycles. The molecule has 1 aliphatic rings. The molecule has 1 N–H and O–H groups in total. The number of fused-ring (bicyclic) bond motifs is 1. The Hall–Kier alpha value is -2.69. The van der Waals surface area contributed by atoms with Gasteiger partial charge in [-0.05, 0) is 43.5 Å². The van der Waals surface area contributed by atoms with Crippen molar-refractivity contribution >= 4 is 16.9 Å². The highest BCUT2D eigenvalue weighted by molar-refractivity contribution is 5.97. The number of carbonyl (C=O) groups excluding carboxylic acids is 1. The van der Waals surface area contributed by atoms with Crippen molar-refractivity contribution in [2.24, 2.45) is 0 Å². The number of benzene rings is 2.